The van der Waals surface area contributed by atoms with Gasteiger partial charge < -0.3 is 9.41 Å². The number of anilines is 1. The Bertz CT molecular complexity index is 820. The fourth-order valence-corrected chi connectivity index (χ4v) is 5.73. The van der Waals surface area contributed by atoms with Crippen LogP contribution >= 0.6 is 0 Å². The lowest BCUT2D eigenvalue weighted by Crippen LogP contribution is -2.56. The molecule has 2 fully saturated rings. The summed E-state index contributed by atoms with van der Waals surface area (Å²) in [5.41, 5.74) is 1.12. The summed E-state index contributed by atoms with van der Waals surface area (Å²) in [6.45, 7) is 1.03. The van der Waals surface area contributed by atoms with E-state index in [1.807, 2.05) is 12.1 Å². The Labute approximate surface area is 190 Å². The fraction of sp³-hybridized carbons (Fsp3) is 0.680. The summed E-state index contributed by atoms with van der Waals surface area (Å²) in [7, 11) is 0. The van der Waals surface area contributed by atoms with Gasteiger partial charge in [0.15, 0.2) is 18.1 Å². The minimum absolute atomic E-state index is 0.0799. The first-order valence-corrected chi connectivity index (χ1v) is 12.7. The van der Waals surface area contributed by atoms with Gasteiger partial charge in [0.2, 0.25) is 5.82 Å². The number of benzene rings is 1. The molecule has 3 heterocycles. The van der Waals surface area contributed by atoms with Crippen molar-refractivity contribution in [3.8, 4) is 5.75 Å². The van der Waals surface area contributed by atoms with Gasteiger partial charge in [-0.05, 0) is 31.7 Å². The van der Waals surface area contributed by atoms with Gasteiger partial charge in [0, 0.05) is 23.4 Å². The number of fused-ring (bicyclic) bond motifs is 1. The molecule has 0 radical (unpaired) electrons. The molecule has 5 rings (SSSR count). The number of para-hydroxylation sites is 1. The molecule has 0 amide bonds. The topological polar surface area (TPSA) is 63.9 Å². The number of nitrogens with zero attached hydrogens (tertiary/aromatic N) is 4. The van der Waals surface area contributed by atoms with Crippen LogP contribution in [0.1, 0.15) is 95.1 Å². The summed E-state index contributed by atoms with van der Waals surface area (Å²) >= 11 is 0. The summed E-state index contributed by atoms with van der Waals surface area (Å²) in [5.74, 6) is 1.61. The Morgan fingerprint density at radius 1 is 0.812 bits per heavy atom. The Balaban J connectivity index is 1.51. The normalized spacial score (nSPS) is 26.7. The molecule has 174 valence electrons. The third-order valence-corrected chi connectivity index (χ3v) is 7.37. The van der Waals surface area contributed by atoms with E-state index in [0.29, 0.717) is 6.04 Å². The Morgan fingerprint density at radius 3 is 2.31 bits per heavy atom. The molecule has 2 aliphatic heterocycles. The van der Waals surface area contributed by atoms with Crippen molar-refractivity contribution in [1.82, 2.24) is 15.4 Å². The van der Waals surface area contributed by atoms with Crippen molar-refractivity contribution in [2.24, 2.45) is 0 Å². The molecule has 32 heavy (non-hydrogen) atoms. The monoisotopic (exact) mass is 440 g/mol. The second-order valence-corrected chi connectivity index (χ2v) is 9.53. The number of hydrazine groups is 1. The van der Waals surface area contributed by atoms with E-state index >= 15 is 0 Å². The van der Waals surface area contributed by atoms with E-state index in [1.165, 1.54) is 70.6 Å². The van der Waals surface area contributed by atoms with Gasteiger partial charge in [-0.3, -0.25) is 5.01 Å². The smallest absolute Gasteiger partial charge is 0.207 e. The van der Waals surface area contributed by atoms with Crippen LogP contribution in [-0.2, 0) is 4.89 Å². The molecule has 1 saturated heterocycles. The summed E-state index contributed by atoms with van der Waals surface area (Å²) in [4.78, 5) is 11.6. The van der Waals surface area contributed by atoms with Gasteiger partial charge in [-0.25, -0.2) is 5.01 Å². The molecule has 7 nitrogen and oxygen atoms in total. The molecular weight excluding hydrogens is 404 g/mol. The van der Waals surface area contributed by atoms with Crippen LogP contribution in [0.25, 0.3) is 0 Å². The van der Waals surface area contributed by atoms with E-state index in [4.69, 9.17) is 14.3 Å². The molecule has 1 saturated carbocycles. The zero-order chi connectivity index (χ0) is 21.6. The van der Waals surface area contributed by atoms with Crippen molar-refractivity contribution in [2.45, 2.75) is 102 Å². The summed E-state index contributed by atoms with van der Waals surface area (Å²) in [6.07, 6.45) is 17.9. The van der Waals surface area contributed by atoms with Crippen LogP contribution in [0, 0.1) is 0 Å². The van der Waals surface area contributed by atoms with E-state index in [2.05, 4.69) is 32.5 Å². The molecule has 1 aromatic carbocycles. The van der Waals surface area contributed by atoms with Crippen molar-refractivity contribution in [3.05, 3.63) is 36.1 Å². The first-order valence-electron chi connectivity index (χ1n) is 12.7. The van der Waals surface area contributed by atoms with Gasteiger partial charge in [0.05, 0.1) is 6.04 Å². The fourth-order valence-electron chi connectivity index (χ4n) is 5.73. The molecule has 2 aromatic rings. The highest BCUT2D eigenvalue weighted by atomic mass is 17.2. The Morgan fingerprint density at radius 2 is 1.53 bits per heavy atom. The third-order valence-electron chi connectivity index (χ3n) is 7.37. The zero-order valence-electron chi connectivity index (χ0n) is 19.0. The molecule has 0 bridgehead atoms. The van der Waals surface area contributed by atoms with Crippen LogP contribution in [-0.4, -0.2) is 34.0 Å². The molecule has 3 aliphatic rings. The quantitative estimate of drug-likeness (QED) is 0.543. The van der Waals surface area contributed by atoms with Crippen LogP contribution in [0.3, 0.4) is 0 Å². The van der Waals surface area contributed by atoms with Gasteiger partial charge in [-0.2, -0.15) is 4.89 Å². The molecule has 7 heteroatoms. The molecule has 1 aromatic heterocycles. The van der Waals surface area contributed by atoms with E-state index in [9.17, 15) is 0 Å². The zero-order valence-corrected chi connectivity index (χ0v) is 19.0. The molecule has 2 atom stereocenters. The lowest BCUT2D eigenvalue weighted by molar-refractivity contribution is -0.231. The highest BCUT2D eigenvalue weighted by molar-refractivity contribution is 5.41. The summed E-state index contributed by atoms with van der Waals surface area (Å²) < 4.78 is 5.25. The van der Waals surface area contributed by atoms with Crippen molar-refractivity contribution in [3.63, 3.8) is 0 Å². The van der Waals surface area contributed by atoms with Crippen molar-refractivity contribution >= 4 is 5.82 Å². The Kier molecular flexibility index (Phi) is 7.24. The predicted molar refractivity (Wildman–Crippen MR) is 122 cm³/mol. The van der Waals surface area contributed by atoms with Crippen molar-refractivity contribution < 1.29 is 14.3 Å². The van der Waals surface area contributed by atoms with Crippen LogP contribution in [0.2, 0.25) is 0 Å². The lowest BCUT2D eigenvalue weighted by atomic mass is 9.96. The predicted octanol–water partition coefficient (Wildman–Crippen LogP) is 5.99. The number of hydrogen-bond donors (Lipinski definition) is 0. The van der Waals surface area contributed by atoms with E-state index in [1.54, 1.807) is 6.26 Å². The first-order chi connectivity index (χ1) is 15.9. The lowest BCUT2D eigenvalue weighted by Gasteiger charge is -2.45. The maximum absolute atomic E-state index is 5.98. The van der Waals surface area contributed by atoms with E-state index in [-0.39, 0.29) is 12.1 Å². The summed E-state index contributed by atoms with van der Waals surface area (Å²) in [5, 5.41) is 13.2. The van der Waals surface area contributed by atoms with Gasteiger partial charge in [-0.1, -0.05) is 81.1 Å². The van der Waals surface area contributed by atoms with Gasteiger partial charge >= 0.3 is 0 Å². The number of rotatable bonds is 3. The highest BCUT2D eigenvalue weighted by Crippen LogP contribution is 2.42. The third kappa shape index (κ3) is 4.79. The standard InChI is InChI=1S/C25H36N4O3/c1-2-4-8-14-20(13-7-3-1)28-18-12-6-5-9-16-22(29(28)24-19-30-27-26-24)25-21-15-10-11-17-23(21)31-32-25/h10-11,15,17,19-20,22,25H,1-9,12-14,16,18H2. The SMILES string of the molecule is c1ccc2c(c1)OOC2C1CCCCCCN(C2CCCCCCCC2)N1c1conn1. The maximum Gasteiger partial charge on any atom is 0.207 e. The average Bonchev–Trinajstić information content (AvgIpc) is 3.51. The van der Waals surface area contributed by atoms with Crippen LogP contribution in [0.4, 0.5) is 5.82 Å². The van der Waals surface area contributed by atoms with Crippen molar-refractivity contribution in [1.29, 1.82) is 0 Å². The van der Waals surface area contributed by atoms with Crippen molar-refractivity contribution in [2.75, 3.05) is 11.6 Å². The highest BCUT2D eigenvalue weighted by Gasteiger charge is 2.42. The average molecular weight is 441 g/mol. The molecular formula is C25H36N4O3. The Hall–Kier alpha value is -2.12. The van der Waals surface area contributed by atoms with Crippen LogP contribution in [0.15, 0.2) is 35.1 Å². The number of hydrogen-bond acceptors (Lipinski definition) is 7. The molecule has 0 N–H and O–H groups in total. The van der Waals surface area contributed by atoms with Gasteiger partial charge in [0.25, 0.3) is 0 Å². The molecule has 2 unspecified atom stereocenters. The molecule has 0 spiro atoms. The van der Waals surface area contributed by atoms with E-state index < -0.39 is 0 Å². The maximum atomic E-state index is 5.98. The summed E-state index contributed by atoms with van der Waals surface area (Å²) in [6, 6.07) is 8.76. The van der Waals surface area contributed by atoms with Gasteiger partial charge in [0.1, 0.15) is 0 Å². The number of aromatic nitrogens is 2. The second-order valence-electron chi connectivity index (χ2n) is 9.53. The van der Waals surface area contributed by atoms with Crippen LogP contribution < -0.4 is 9.90 Å². The first kappa shape index (κ1) is 21.7. The molecule has 1 aliphatic carbocycles. The minimum Gasteiger partial charge on any atom is -0.343 e. The van der Waals surface area contributed by atoms with Gasteiger partial charge in [-0.15, -0.1) is 0 Å². The minimum atomic E-state index is -0.167. The second kappa shape index (κ2) is 10.7. The van der Waals surface area contributed by atoms with E-state index in [0.717, 1.165) is 36.5 Å². The largest absolute Gasteiger partial charge is 0.343 e. The van der Waals surface area contributed by atoms with Crippen LogP contribution in [0.5, 0.6) is 5.75 Å².